The van der Waals surface area contributed by atoms with Crippen LogP contribution in [0, 0.1) is 11.7 Å². The van der Waals surface area contributed by atoms with E-state index < -0.39 is 6.04 Å². The average molecular weight is 281 g/mol. The van der Waals surface area contributed by atoms with Crippen LogP contribution >= 0.6 is 0 Å². The maximum atomic E-state index is 12.9. The summed E-state index contributed by atoms with van der Waals surface area (Å²) < 4.78 is 23.8. The number of nitrogens with two attached hydrogens (primary N) is 1. The second-order valence-corrected chi connectivity index (χ2v) is 5.20. The lowest BCUT2D eigenvalue weighted by Crippen LogP contribution is -2.36. The first kappa shape index (κ1) is 14.9. The summed E-state index contributed by atoms with van der Waals surface area (Å²) in [5.41, 5.74) is 6.69. The maximum Gasteiger partial charge on any atom is 0.323 e. The summed E-state index contributed by atoms with van der Waals surface area (Å²) in [4.78, 5) is 11.7. The predicted octanol–water partition coefficient (Wildman–Crippen LogP) is 1.66. The number of carbonyl (C=O) groups excluding carboxylic acids is 1. The highest BCUT2D eigenvalue weighted by Crippen LogP contribution is 2.18. The molecule has 2 rings (SSSR count). The average Bonchev–Trinajstić information content (AvgIpc) is 2.48. The minimum atomic E-state index is -0.623. The van der Waals surface area contributed by atoms with E-state index in [1.54, 1.807) is 12.1 Å². The van der Waals surface area contributed by atoms with Gasteiger partial charge in [-0.25, -0.2) is 4.39 Å². The number of cyclic esters (lactones) is 1. The Hall–Kier alpha value is -1.46. The van der Waals surface area contributed by atoms with Gasteiger partial charge >= 0.3 is 5.97 Å². The first-order chi connectivity index (χ1) is 9.56. The van der Waals surface area contributed by atoms with Gasteiger partial charge in [-0.1, -0.05) is 12.1 Å². The second-order valence-electron chi connectivity index (χ2n) is 5.20. The number of ether oxygens (including phenoxy) is 2. The van der Waals surface area contributed by atoms with E-state index >= 15 is 0 Å². The van der Waals surface area contributed by atoms with Crippen LogP contribution < -0.4 is 5.73 Å². The van der Waals surface area contributed by atoms with Crippen LogP contribution in [0.1, 0.15) is 18.9 Å². The van der Waals surface area contributed by atoms with Crippen molar-refractivity contribution in [3.63, 3.8) is 0 Å². The van der Waals surface area contributed by atoms with E-state index in [2.05, 4.69) is 0 Å². The van der Waals surface area contributed by atoms with Crippen molar-refractivity contribution >= 4 is 5.97 Å². The molecule has 110 valence electrons. The van der Waals surface area contributed by atoms with Crippen LogP contribution in [0.15, 0.2) is 24.3 Å². The lowest BCUT2D eigenvalue weighted by molar-refractivity contribution is -0.152. The number of carbonyl (C=O) groups is 1. The highest BCUT2D eigenvalue weighted by molar-refractivity contribution is 5.75. The number of hydrogen-bond donors (Lipinski definition) is 1. The van der Waals surface area contributed by atoms with Crippen molar-refractivity contribution in [2.24, 2.45) is 11.7 Å². The van der Waals surface area contributed by atoms with Gasteiger partial charge in [0.2, 0.25) is 0 Å². The fourth-order valence-corrected chi connectivity index (χ4v) is 2.21. The SMILES string of the molecule is C[C@@H]1OC(=O)[C@@H](N)CCOC[C@H]1Cc1ccc(F)cc1. The van der Waals surface area contributed by atoms with Gasteiger partial charge in [-0.15, -0.1) is 0 Å². The first-order valence-electron chi connectivity index (χ1n) is 6.84. The zero-order chi connectivity index (χ0) is 14.5. The molecular formula is C15H20FNO3. The molecule has 5 heteroatoms. The third-order valence-electron chi connectivity index (χ3n) is 3.58. The van der Waals surface area contributed by atoms with Crippen molar-refractivity contribution in [1.29, 1.82) is 0 Å². The van der Waals surface area contributed by atoms with Gasteiger partial charge in [0, 0.05) is 12.5 Å². The summed E-state index contributed by atoms with van der Waals surface area (Å²) >= 11 is 0. The molecule has 20 heavy (non-hydrogen) atoms. The molecule has 0 spiro atoms. The van der Waals surface area contributed by atoms with Crippen molar-refractivity contribution in [3.05, 3.63) is 35.6 Å². The van der Waals surface area contributed by atoms with E-state index in [0.29, 0.717) is 26.1 Å². The molecule has 0 radical (unpaired) electrons. The molecule has 1 aromatic carbocycles. The normalized spacial score (nSPS) is 28.1. The molecule has 1 heterocycles. The lowest BCUT2D eigenvalue weighted by atomic mass is 9.95. The molecule has 0 unspecified atom stereocenters. The summed E-state index contributed by atoms with van der Waals surface area (Å²) in [6.45, 7) is 2.79. The minimum Gasteiger partial charge on any atom is -0.461 e. The summed E-state index contributed by atoms with van der Waals surface area (Å²) in [7, 11) is 0. The quantitative estimate of drug-likeness (QED) is 0.838. The molecule has 1 fully saturated rings. The zero-order valence-electron chi connectivity index (χ0n) is 11.5. The maximum absolute atomic E-state index is 12.9. The Balaban J connectivity index is 2.04. The van der Waals surface area contributed by atoms with E-state index in [9.17, 15) is 9.18 Å². The molecular weight excluding hydrogens is 261 g/mol. The third kappa shape index (κ3) is 4.02. The lowest BCUT2D eigenvalue weighted by Gasteiger charge is -2.23. The minimum absolute atomic E-state index is 0.0368. The Morgan fingerprint density at radius 2 is 2.05 bits per heavy atom. The molecule has 1 aromatic rings. The zero-order valence-corrected chi connectivity index (χ0v) is 11.5. The van der Waals surface area contributed by atoms with Crippen LogP contribution in [0.4, 0.5) is 4.39 Å². The number of benzene rings is 1. The molecule has 0 aliphatic carbocycles. The number of halogens is 1. The predicted molar refractivity (Wildman–Crippen MR) is 72.6 cm³/mol. The van der Waals surface area contributed by atoms with Gasteiger partial charge in [-0.2, -0.15) is 0 Å². The van der Waals surface area contributed by atoms with E-state index in [1.807, 2.05) is 6.92 Å². The van der Waals surface area contributed by atoms with Gasteiger partial charge in [0.1, 0.15) is 18.0 Å². The Kier molecular flexibility index (Phi) is 5.09. The van der Waals surface area contributed by atoms with Gasteiger partial charge in [0.05, 0.1) is 6.61 Å². The second kappa shape index (κ2) is 6.81. The largest absolute Gasteiger partial charge is 0.461 e. The molecule has 0 saturated carbocycles. The van der Waals surface area contributed by atoms with Crippen molar-refractivity contribution in [3.8, 4) is 0 Å². The standard InChI is InChI=1S/C15H20FNO3/c1-10-12(8-11-2-4-13(16)5-3-11)9-19-7-6-14(17)15(18)20-10/h2-5,10,12,14H,6-9,17H2,1H3/t10-,12+,14-/m0/s1. The van der Waals surface area contributed by atoms with E-state index in [1.165, 1.54) is 12.1 Å². The number of esters is 1. The third-order valence-corrected chi connectivity index (χ3v) is 3.58. The van der Waals surface area contributed by atoms with Gasteiger partial charge in [0.15, 0.2) is 0 Å². The molecule has 3 atom stereocenters. The first-order valence-corrected chi connectivity index (χ1v) is 6.84. The van der Waals surface area contributed by atoms with Crippen LogP contribution in [0.2, 0.25) is 0 Å². The summed E-state index contributed by atoms with van der Waals surface area (Å²) in [5, 5.41) is 0. The van der Waals surface area contributed by atoms with Gasteiger partial charge in [-0.05, 0) is 37.5 Å². The van der Waals surface area contributed by atoms with E-state index in [-0.39, 0.29) is 23.8 Å². The fraction of sp³-hybridized carbons (Fsp3) is 0.533. The Morgan fingerprint density at radius 3 is 2.75 bits per heavy atom. The number of hydrogen-bond acceptors (Lipinski definition) is 4. The summed E-state index contributed by atoms with van der Waals surface area (Å²) in [6, 6.07) is 5.71. The van der Waals surface area contributed by atoms with E-state index in [4.69, 9.17) is 15.2 Å². The topological polar surface area (TPSA) is 61.5 Å². The van der Waals surface area contributed by atoms with Crippen molar-refractivity contribution in [2.75, 3.05) is 13.2 Å². The van der Waals surface area contributed by atoms with Crippen LogP contribution in [-0.2, 0) is 20.7 Å². The van der Waals surface area contributed by atoms with Crippen molar-refractivity contribution in [2.45, 2.75) is 31.9 Å². The van der Waals surface area contributed by atoms with Crippen LogP contribution in [0.25, 0.3) is 0 Å². The Bertz CT molecular complexity index is 449. The molecule has 1 saturated heterocycles. The van der Waals surface area contributed by atoms with Crippen LogP contribution in [0.3, 0.4) is 0 Å². The van der Waals surface area contributed by atoms with Crippen LogP contribution in [0.5, 0.6) is 0 Å². The van der Waals surface area contributed by atoms with Gasteiger partial charge < -0.3 is 15.2 Å². The van der Waals surface area contributed by atoms with Gasteiger partial charge in [-0.3, -0.25) is 4.79 Å². The highest BCUT2D eigenvalue weighted by Gasteiger charge is 2.26. The Labute approximate surface area is 118 Å². The summed E-state index contributed by atoms with van der Waals surface area (Å²) in [5.74, 6) is -0.605. The monoisotopic (exact) mass is 281 g/mol. The molecule has 0 bridgehead atoms. The molecule has 4 nitrogen and oxygen atoms in total. The molecule has 1 aliphatic rings. The van der Waals surface area contributed by atoms with Gasteiger partial charge in [0.25, 0.3) is 0 Å². The highest BCUT2D eigenvalue weighted by atomic mass is 19.1. The van der Waals surface area contributed by atoms with Crippen molar-refractivity contribution < 1.29 is 18.7 Å². The fourth-order valence-electron chi connectivity index (χ4n) is 2.21. The van der Waals surface area contributed by atoms with Crippen LogP contribution in [-0.4, -0.2) is 31.3 Å². The van der Waals surface area contributed by atoms with Crippen molar-refractivity contribution in [1.82, 2.24) is 0 Å². The summed E-state index contributed by atoms with van der Waals surface area (Å²) in [6.07, 6.45) is 0.857. The molecule has 0 aromatic heterocycles. The Morgan fingerprint density at radius 1 is 1.35 bits per heavy atom. The molecule has 2 N–H and O–H groups in total. The molecule has 0 amide bonds. The molecule has 1 aliphatic heterocycles. The van der Waals surface area contributed by atoms with E-state index in [0.717, 1.165) is 5.56 Å². The number of rotatable bonds is 2. The smallest absolute Gasteiger partial charge is 0.323 e.